The van der Waals surface area contributed by atoms with Gasteiger partial charge in [-0.3, -0.25) is 4.79 Å². The fourth-order valence-electron chi connectivity index (χ4n) is 3.76. The highest BCUT2D eigenvalue weighted by Crippen LogP contribution is 2.34. The minimum Gasteiger partial charge on any atom is -0.496 e. The number of nitrogens with one attached hydrogen (secondary N) is 1. The molecule has 0 aromatic heterocycles. The molecule has 9 heteroatoms. The molecule has 1 amide bonds. The summed E-state index contributed by atoms with van der Waals surface area (Å²) in [5.74, 6) is 1.27. The summed E-state index contributed by atoms with van der Waals surface area (Å²) >= 11 is 0. The van der Waals surface area contributed by atoms with Gasteiger partial charge in [0.2, 0.25) is 15.9 Å². The minimum atomic E-state index is -3.85. The Bertz CT molecular complexity index is 1040. The predicted octanol–water partition coefficient (Wildman–Crippen LogP) is 1.94. The zero-order valence-electron chi connectivity index (χ0n) is 16.7. The van der Waals surface area contributed by atoms with Gasteiger partial charge in [0.25, 0.3) is 0 Å². The number of rotatable bonds is 6. The van der Waals surface area contributed by atoms with E-state index in [0.29, 0.717) is 49.8 Å². The van der Waals surface area contributed by atoms with Crippen LogP contribution in [-0.2, 0) is 21.4 Å². The molecular weight excluding hydrogens is 408 g/mol. The second-order valence-corrected chi connectivity index (χ2v) is 9.00. The topological polar surface area (TPSA) is 94.2 Å². The molecule has 2 aromatic rings. The lowest BCUT2D eigenvalue weighted by atomic mass is 10.2. The van der Waals surface area contributed by atoms with Crippen molar-refractivity contribution < 1.29 is 27.4 Å². The van der Waals surface area contributed by atoms with Crippen molar-refractivity contribution in [2.75, 3.05) is 26.9 Å². The Hall–Kier alpha value is -2.78. The van der Waals surface area contributed by atoms with E-state index in [0.717, 1.165) is 5.56 Å². The number of hydrogen-bond donors (Lipinski definition) is 1. The van der Waals surface area contributed by atoms with Crippen LogP contribution in [0.4, 0.5) is 0 Å². The van der Waals surface area contributed by atoms with Crippen LogP contribution in [0.15, 0.2) is 47.4 Å². The van der Waals surface area contributed by atoms with E-state index >= 15 is 0 Å². The smallest absolute Gasteiger partial charge is 0.243 e. The van der Waals surface area contributed by atoms with Crippen molar-refractivity contribution in [3.8, 4) is 17.2 Å². The molecule has 0 aliphatic carbocycles. The summed E-state index contributed by atoms with van der Waals surface area (Å²) in [5, 5.41) is 2.85. The normalized spacial score (nSPS) is 18.8. The van der Waals surface area contributed by atoms with Crippen LogP contribution in [0, 0.1) is 0 Å². The number of methoxy groups -OCH3 is 1. The summed E-state index contributed by atoms with van der Waals surface area (Å²) in [7, 11) is -2.28. The molecule has 0 radical (unpaired) electrons. The fraction of sp³-hybridized carbons (Fsp3) is 0.381. The maximum absolute atomic E-state index is 13.2. The van der Waals surface area contributed by atoms with Crippen LogP contribution in [0.25, 0.3) is 0 Å². The largest absolute Gasteiger partial charge is 0.496 e. The number of para-hydroxylation sites is 1. The highest BCUT2D eigenvalue weighted by atomic mass is 32.2. The van der Waals surface area contributed by atoms with Crippen LogP contribution in [0.2, 0.25) is 0 Å². The van der Waals surface area contributed by atoms with E-state index in [1.165, 1.54) is 16.4 Å². The average molecular weight is 432 g/mol. The van der Waals surface area contributed by atoms with Crippen molar-refractivity contribution >= 4 is 15.9 Å². The van der Waals surface area contributed by atoms with E-state index < -0.39 is 16.1 Å². The van der Waals surface area contributed by atoms with Gasteiger partial charge in [0.1, 0.15) is 25.0 Å². The molecule has 0 spiro atoms. The van der Waals surface area contributed by atoms with Gasteiger partial charge in [-0.1, -0.05) is 18.2 Å². The Morgan fingerprint density at radius 3 is 2.73 bits per heavy atom. The second-order valence-electron chi connectivity index (χ2n) is 7.11. The van der Waals surface area contributed by atoms with Gasteiger partial charge in [0.05, 0.1) is 12.0 Å². The van der Waals surface area contributed by atoms with Crippen LogP contribution < -0.4 is 19.5 Å². The molecule has 2 aromatic carbocycles. The molecule has 8 nitrogen and oxygen atoms in total. The third-order valence-corrected chi connectivity index (χ3v) is 7.18. The molecule has 160 valence electrons. The van der Waals surface area contributed by atoms with Gasteiger partial charge < -0.3 is 19.5 Å². The third-order valence-electron chi connectivity index (χ3n) is 5.27. The number of fused-ring (bicyclic) bond motifs is 1. The maximum atomic E-state index is 13.2. The van der Waals surface area contributed by atoms with E-state index in [4.69, 9.17) is 14.2 Å². The van der Waals surface area contributed by atoms with Gasteiger partial charge in [-0.25, -0.2) is 8.42 Å². The van der Waals surface area contributed by atoms with Crippen molar-refractivity contribution in [1.29, 1.82) is 0 Å². The number of nitrogens with zero attached hydrogens (tertiary/aromatic N) is 1. The molecule has 1 saturated heterocycles. The Morgan fingerprint density at radius 1 is 1.17 bits per heavy atom. The first-order chi connectivity index (χ1) is 14.5. The van der Waals surface area contributed by atoms with Crippen molar-refractivity contribution in [3.05, 3.63) is 48.0 Å². The van der Waals surface area contributed by atoms with Crippen LogP contribution in [0.3, 0.4) is 0 Å². The molecule has 2 aliphatic heterocycles. The predicted molar refractivity (Wildman–Crippen MR) is 109 cm³/mol. The number of sulfonamides is 1. The number of hydrogen-bond acceptors (Lipinski definition) is 6. The first-order valence-corrected chi connectivity index (χ1v) is 11.3. The van der Waals surface area contributed by atoms with Gasteiger partial charge in [-0.15, -0.1) is 0 Å². The van der Waals surface area contributed by atoms with Crippen LogP contribution in [-0.4, -0.2) is 51.5 Å². The SMILES string of the molecule is COc1ccccc1CNC(=O)C1CCCN1S(=O)(=O)c1ccc2c(c1)OCCO2. The highest BCUT2D eigenvalue weighted by molar-refractivity contribution is 7.89. The Kier molecular flexibility index (Phi) is 5.83. The molecule has 2 aliphatic rings. The first kappa shape index (κ1) is 20.5. The molecule has 0 bridgehead atoms. The lowest BCUT2D eigenvalue weighted by Gasteiger charge is -2.25. The van der Waals surface area contributed by atoms with Crippen LogP contribution >= 0.6 is 0 Å². The molecule has 4 rings (SSSR count). The van der Waals surface area contributed by atoms with Crippen molar-refractivity contribution in [2.24, 2.45) is 0 Å². The van der Waals surface area contributed by atoms with Gasteiger partial charge in [0, 0.05) is 24.7 Å². The van der Waals surface area contributed by atoms with Crippen LogP contribution in [0.5, 0.6) is 17.2 Å². The van der Waals surface area contributed by atoms with Gasteiger partial charge in [-0.2, -0.15) is 4.31 Å². The number of amides is 1. The molecule has 2 heterocycles. The average Bonchev–Trinajstić information content (AvgIpc) is 3.28. The van der Waals surface area contributed by atoms with Gasteiger partial charge >= 0.3 is 0 Å². The fourth-order valence-corrected chi connectivity index (χ4v) is 5.43. The Balaban J connectivity index is 1.50. The third kappa shape index (κ3) is 3.95. The molecule has 1 unspecified atom stereocenters. The number of carbonyl (C=O) groups excluding carboxylic acids is 1. The summed E-state index contributed by atoms with van der Waals surface area (Å²) in [4.78, 5) is 12.9. The van der Waals surface area contributed by atoms with E-state index in [-0.39, 0.29) is 17.3 Å². The molecule has 30 heavy (non-hydrogen) atoms. The molecular formula is C21H24N2O6S. The monoisotopic (exact) mass is 432 g/mol. The quantitative estimate of drug-likeness (QED) is 0.750. The number of ether oxygens (including phenoxy) is 3. The Morgan fingerprint density at radius 2 is 1.93 bits per heavy atom. The lowest BCUT2D eigenvalue weighted by molar-refractivity contribution is -0.124. The zero-order valence-corrected chi connectivity index (χ0v) is 17.5. The summed E-state index contributed by atoms with van der Waals surface area (Å²) < 4.78 is 44.0. The van der Waals surface area contributed by atoms with Gasteiger partial charge in [-0.05, 0) is 31.0 Å². The summed E-state index contributed by atoms with van der Waals surface area (Å²) in [5.41, 5.74) is 0.826. The molecule has 1 fully saturated rings. The minimum absolute atomic E-state index is 0.0937. The van der Waals surface area contributed by atoms with Gasteiger partial charge in [0.15, 0.2) is 11.5 Å². The second kappa shape index (κ2) is 8.53. The zero-order chi connectivity index (χ0) is 21.1. The first-order valence-electron chi connectivity index (χ1n) is 9.82. The van der Waals surface area contributed by atoms with E-state index in [9.17, 15) is 13.2 Å². The van der Waals surface area contributed by atoms with Crippen molar-refractivity contribution in [1.82, 2.24) is 9.62 Å². The summed E-state index contributed by atoms with van der Waals surface area (Å²) in [6, 6.07) is 11.2. The van der Waals surface area contributed by atoms with E-state index in [1.807, 2.05) is 24.3 Å². The van der Waals surface area contributed by atoms with Crippen molar-refractivity contribution in [3.63, 3.8) is 0 Å². The maximum Gasteiger partial charge on any atom is 0.243 e. The van der Waals surface area contributed by atoms with E-state index in [1.54, 1.807) is 13.2 Å². The number of carbonyl (C=O) groups is 1. The van der Waals surface area contributed by atoms with E-state index in [2.05, 4.69) is 5.32 Å². The highest BCUT2D eigenvalue weighted by Gasteiger charge is 2.39. The standard InChI is InChI=1S/C21H24N2O6S/c1-27-18-7-3-2-5-15(18)14-22-21(24)17-6-4-10-23(17)30(25,26)16-8-9-19-20(13-16)29-12-11-28-19/h2-3,5,7-9,13,17H,4,6,10-12,14H2,1H3,(H,22,24). The molecule has 1 N–H and O–H groups in total. The van der Waals surface area contributed by atoms with Crippen molar-refractivity contribution in [2.45, 2.75) is 30.3 Å². The van der Waals surface area contributed by atoms with Crippen LogP contribution in [0.1, 0.15) is 18.4 Å². The summed E-state index contributed by atoms with van der Waals surface area (Å²) in [6.07, 6.45) is 1.10. The summed E-state index contributed by atoms with van der Waals surface area (Å²) in [6.45, 7) is 1.36. The molecule has 0 saturated carbocycles. The lowest BCUT2D eigenvalue weighted by Crippen LogP contribution is -2.45. The molecule has 1 atom stereocenters. The Labute approximate surface area is 175 Å². The number of benzene rings is 2.